The Balaban J connectivity index is 1.53. The Labute approximate surface area is 274 Å². The standard InChI is InChI=1S/C35H31Cl2N3O4S/c1-4-9-28-31(34(42)44-5-2)32(22-10-8-11-24(17-22)43-3)40-33(41)30(45-35(40)38-28)18-23-20-39(29-13-7-6-12-25(23)29)19-21-14-15-26(36)27(37)16-21/h6-8,10-18,20,32H,4-5,9,19H2,1-3H3/b30-18+. The molecule has 3 aromatic carbocycles. The molecule has 5 aromatic rings. The Bertz CT molecular complexity index is 2140. The van der Waals surface area contributed by atoms with E-state index in [1.807, 2.05) is 73.8 Å². The van der Waals surface area contributed by atoms with Crippen LogP contribution in [0.3, 0.4) is 0 Å². The van der Waals surface area contributed by atoms with E-state index in [1.165, 1.54) is 11.3 Å². The van der Waals surface area contributed by atoms with Gasteiger partial charge in [-0.15, -0.1) is 0 Å². The molecule has 1 atom stereocenters. The number of carbonyl (C=O) groups is 1. The number of esters is 1. The molecule has 0 aliphatic carbocycles. The van der Waals surface area contributed by atoms with Gasteiger partial charge in [0.2, 0.25) is 0 Å². The minimum atomic E-state index is -0.713. The zero-order valence-corrected chi connectivity index (χ0v) is 27.4. The number of halogens is 2. The fraction of sp³-hybridized carbons (Fsp3) is 0.229. The van der Waals surface area contributed by atoms with Gasteiger partial charge < -0.3 is 14.0 Å². The lowest BCUT2D eigenvalue weighted by Gasteiger charge is -2.26. The van der Waals surface area contributed by atoms with Crippen LogP contribution in [0.15, 0.2) is 94.0 Å². The number of para-hydroxylation sites is 1. The van der Waals surface area contributed by atoms with Crippen molar-refractivity contribution in [2.75, 3.05) is 13.7 Å². The van der Waals surface area contributed by atoms with Gasteiger partial charge in [-0.2, -0.15) is 0 Å². The number of benzene rings is 3. The molecule has 0 N–H and O–H groups in total. The Morgan fingerprint density at radius 1 is 1.04 bits per heavy atom. The van der Waals surface area contributed by atoms with Crippen LogP contribution in [0.2, 0.25) is 10.0 Å². The summed E-state index contributed by atoms with van der Waals surface area (Å²) in [5, 5.41) is 2.02. The van der Waals surface area contributed by atoms with Crippen molar-refractivity contribution in [1.29, 1.82) is 0 Å². The van der Waals surface area contributed by atoms with E-state index in [1.54, 1.807) is 24.7 Å². The van der Waals surface area contributed by atoms with E-state index in [4.69, 9.17) is 37.7 Å². The maximum absolute atomic E-state index is 14.3. The Hall–Kier alpha value is -4.11. The van der Waals surface area contributed by atoms with Gasteiger partial charge in [0.15, 0.2) is 4.80 Å². The molecule has 0 radical (unpaired) electrons. The number of carbonyl (C=O) groups excluding carboxylic acids is 1. The number of rotatable bonds is 9. The number of nitrogens with zero attached hydrogens (tertiary/aromatic N) is 3. The molecular formula is C35H31Cl2N3O4S. The first-order valence-corrected chi connectivity index (χ1v) is 16.3. The average Bonchev–Trinajstić information content (AvgIpc) is 3.54. The van der Waals surface area contributed by atoms with E-state index >= 15 is 0 Å². The number of allylic oxidation sites excluding steroid dienone is 1. The third-order valence-electron chi connectivity index (χ3n) is 7.74. The Morgan fingerprint density at radius 2 is 1.87 bits per heavy atom. The van der Waals surface area contributed by atoms with Crippen molar-refractivity contribution in [3.05, 3.63) is 131 Å². The van der Waals surface area contributed by atoms with Gasteiger partial charge >= 0.3 is 5.97 Å². The quantitative estimate of drug-likeness (QED) is 0.161. The van der Waals surface area contributed by atoms with Crippen LogP contribution in [0.1, 0.15) is 49.4 Å². The summed E-state index contributed by atoms with van der Waals surface area (Å²) in [5.74, 6) is 0.152. The lowest BCUT2D eigenvalue weighted by molar-refractivity contribution is -0.139. The SMILES string of the molecule is CCCC1=C(C(=O)OCC)C(c2cccc(OC)c2)n2c(s/c(=C/c3cn(Cc4ccc(Cl)c(Cl)c4)c4ccccc34)c2=O)=N1. The lowest BCUT2D eigenvalue weighted by atomic mass is 9.94. The predicted octanol–water partition coefficient (Wildman–Crippen LogP) is 6.90. The molecule has 0 fully saturated rings. The van der Waals surface area contributed by atoms with Crippen molar-refractivity contribution in [3.8, 4) is 5.75 Å². The number of ether oxygens (including phenoxy) is 2. The second kappa shape index (κ2) is 13.1. The first-order valence-electron chi connectivity index (χ1n) is 14.7. The third-order valence-corrected chi connectivity index (χ3v) is 9.47. The molecule has 1 unspecified atom stereocenters. The zero-order chi connectivity index (χ0) is 31.7. The molecule has 6 rings (SSSR count). The molecule has 1 aliphatic heterocycles. The molecule has 230 valence electrons. The smallest absolute Gasteiger partial charge is 0.338 e. The molecule has 10 heteroatoms. The summed E-state index contributed by atoms with van der Waals surface area (Å²) in [6.07, 6.45) is 5.30. The first-order chi connectivity index (χ1) is 21.8. The molecule has 0 saturated carbocycles. The number of aromatic nitrogens is 2. The van der Waals surface area contributed by atoms with Crippen LogP contribution in [-0.2, 0) is 16.1 Å². The second-order valence-electron chi connectivity index (χ2n) is 10.7. The van der Waals surface area contributed by atoms with Crippen LogP contribution < -0.4 is 19.6 Å². The number of fused-ring (bicyclic) bond motifs is 2. The van der Waals surface area contributed by atoms with E-state index in [-0.39, 0.29) is 12.2 Å². The van der Waals surface area contributed by atoms with Crippen molar-refractivity contribution in [2.24, 2.45) is 4.99 Å². The minimum absolute atomic E-state index is 0.212. The molecule has 1 aliphatic rings. The molecule has 0 bridgehead atoms. The van der Waals surface area contributed by atoms with Crippen LogP contribution in [0.25, 0.3) is 17.0 Å². The second-order valence-corrected chi connectivity index (χ2v) is 12.5. The number of hydrogen-bond acceptors (Lipinski definition) is 6. The van der Waals surface area contributed by atoms with E-state index in [2.05, 4.69) is 10.6 Å². The molecule has 2 aromatic heterocycles. The number of hydrogen-bond donors (Lipinski definition) is 0. The molecule has 0 saturated heterocycles. The first kappa shape index (κ1) is 30.9. The monoisotopic (exact) mass is 659 g/mol. The van der Waals surface area contributed by atoms with Gasteiger partial charge in [-0.3, -0.25) is 9.36 Å². The predicted molar refractivity (Wildman–Crippen MR) is 180 cm³/mol. The van der Waals surface area contributed by atoms with Crippen LogP contribution in [0, 0.1) is 0 Å². The van der Waals surface area contributed by atoms with Crippen molar-refractivity contribution < 1.29 is 14.3 Å². The largest absolute Gasteiger partial charge is 0.497 e. The summed E-state index contributed by atoms with van der Waals surface area (Å²) < 4.78 is 15.3. The van der Waals surface area contributed by atoms with Gasteiger partial charge in [0.25, 0.3) is 5.56 Å². The summed E-state index contributed by atoms with van der Waals surface area (Å²) in [6, 6.07) is 20.4. The van der Waals surface area contributed by atoms with E-state index < -0.39 is 12.0 Å². The van der Waals surface area contributed by atoms with Crippen molar-refractivity contribution in [2.45, 2.75) is 39.3 Å². The number of methoxy groups -OCH3 is 1. The third kappa shape index (κ3) is 5.98. The summed E-state index contributed by atoms with van der Waals surface area (Å²) in [4.78, 5) is 33.2. The highest BCUT2D eigenvalue weighted by Crippen LogP contribution is 2.34. The van der Waals surface area contributed by atoms with Crippen LogP contribution in [-0.4, -0.2) is 28.8 Å². The van der Waals surface area contributed by atoms with Gasteiger partial charge in [-0.25, -0.2) is 9.79 Å². The summed E-state index contributed by atoms with van der Waals surface area (Å²) in [6.45, 7) is 4.59. The van der Waals surface area contributed by atoms with E-state index in [9.17, 15) is 9.59 Å². The summed E-state index contributed by atoms with van der Waals surface area (Å²) in [5.41, 5.74) is 4.44. The van der Waals surface area contributed by atoms with Crippen molar-refractivity contribution in [3.63, 3.8) is 0 Å². The maximum Gasteiger partial charge on any atom is 0.338 e. The van der Waals surface area contributed by atoms with Crippen molar-refractivity contribution >= 4 is 57.5 Å². The summed E-state index contributed by atoms with van der Waals surface area (Å²) in [7, 11) is 1.59. The normalized spacial score (nSPS) is 14.9. The lowest BCUT2D eigenvalue weighted by Crippen LogP contribution is -2.40. The van der Waals surface area contributed by atoms with Crippen LogP contribution in [0.4, 0.5) is 0 Å². The molecule has 7 nitrogen and oxygen atoms in total. The van der Waals surface area contributed by atoms with Crippen molar-refractivity contribution in [1.82, 2.24) is 9.13 Å². The highest BCUT2D eigenvalue weighted by atomic mass is 35.5. The number of thiazole rings is 1. The van der Waals surface area contributed by atoms with E-state index in [0.717, 1.165) is 34.0 Å². The average molecular weight is 661 g/mol. The van der Waals surface area contributed by atoms with Gasteiger partial charge in [0.05, 0.1) is 45.6 Å². The Morgan fingerprint density at radius 3 is 2.62 bits per heavy atom. The Kier molecular flexibility index (Phi) is 8.99. The molecule has 3 heterocycles. The summed E-state index contributed by atoms with van der Waals surface area (Å²) >= 11 is 13.8. The van der Waals surface area contributed by atoms with Crippen LogP contribution >= 0.6 is 34.5 Å². The molecule has 0 amide bonds. The van der Waals surface area contributed by atoms with E-state index in [0.29, 0.717) is 49.4 Å². The maximum atomic E-state index is 14.3. The minimum Gasteiger partial charge on any atom is -0.497 e. The molecule has 45 heavy (non-hydrogen) atoms. The fourth-order valence-electron chi connectivity index (χ4n) is 5.74. The fourth-order valence-corrected chi connectivity index (χ4v) is 7.08. The highest BCUT2D eigenvalue weighted by molar-refractivity contribution is 7.07. The van der Waals surface area contributed by atoms with Gasteiger partial charge in [-0.1, -0.05) is 84.3 Å². The molecular weight excluding hydrogens is 629 g/mol. The molecule has 0 spiro atoms. The van der Waals surface area contributed by atoms with Gasteiger partial charge in [-0.05, 0) is 60.9 Å². The van der Waals surface area contributed by atoms with Gasteiger partial charge in [0.1, 0.15) is 5.75 Å². The van der Waals surface area contributed by atoms with Gasteiger partial charge in [0, 0.05) is 29.2 Å². The highest BCUT2D eigenvalue weighted by Gasteiger charge is 2.34. The topological polar surface area (TPSA) is 74.8 Å². The zero-order valence-electron chi connectivity index (χ0n) is 25.1. The van der Waals surface area contributed by atoms with Crippen LogP contribution in [0.5, 0.6) is 5.75 Å².